The number of H-pyrrole nitrogens is 1. The minimum absolute atomic E-state index is 0.141. The quantitative estimate of drug-likeness (QED) is 0.666. The van der Waals surface area contributed by atoms with Crippen LogP contribution in [0.15, 0.2) is 30.9 Å². The van der Waals surface area contributed by atoms with Crippen LogP contribution in [0.25, 0.3) is 0 Å². The van der Waals surface area contributed by atoms with Crippen LogP contribution >= 0.6 is 0 Å². The molecule has 0 saturated heterocycles. The van der Waals surface area contributed by atoms with Crippen molar-refractivity contribution >= 4 is 11.6 Å². The largest absolute Gasteiger partial charge is 0.494 e. The maximum Gasteiger partial charge on any atom is 0.227 e. The van der Waals surface area contributed by atoms with Crippen LogP contribution in [0.3, 0.4) is 0 Å². The van der Waals surface area contributed by atoms with Crippen LogP contribution in [-0.2, 0) is 6.61 Å². The van der Waals surface area contributed by atoms with Crippen LogP contribution in [-0.4, -0.2) is 34.4 Å². The van der Waals surface area contributed by atoms with Crippen molar-refractivity contribution < 1.29 is 23.0 Å². The van der Waals surface area contributed by atoms with Gasteiger partial charge in [0, 0.05) is 12.3 Å². The van der Waals surface area contributed by atoms with E-state index in [1.54, 1.807) is 12.4 Å². The van der Waals surface area contributed by atoms with Crippen molar-refractivity contribution in [1.29, 1.82) is 0 Å². The van der Waals surface area contributed by atoms with E-state index in [1.165, 1.54) is 26.6 Å². The second-order valence-corrected chi connectivity index (χ2v) is 5.03. The third-order valence-corrected chi connectivity index (χ3v) is 3.43. The Morgan fingerprint density at radius 2 is 1.69 bits per heavy atom. The number of nitrogens with one attached hydrogen (secondary N) is 2. The summed E-state index contributed by atoms with van der Waals surface area (Å²) < 4.78 is 43.7. The van der Waals surface area contributed by atoms with Crippen molar-refractivity contribution in [1.82, 2.24) is 20.2 Å². The topological polar surface area (TPSA) is 94.2 Å². The summed E-state index contributed by atoms with van der Waals surface area (Å²) in [6.07, 6.45) is 5.95. The normalized spacial score (nSPS) is 10.5. The number of halogens is 2. The van der Waals surface area contributed by atoms with Crippen LogP contribution in [0.2, 0.25) is 0 Å². The first-order chi connectivity index (χ1) is 12.6. The Kier molecular flexibility index (Phi) is 5.11. The van der Waals surface area contributed by atoms with Gasteiger partial charge in [-0.2, -0.15) is 5.10 Å². The lowest BCUT2D eigenvalue weighted by Crippen LogP contribution is -2.06. The fourth-order valence-corrected chi connectivity index (χ4v) is 2.12. The third-order valence-electron chi connectivity index (χ3n) is 3.43. The van der Waals surface area contributed by atoms with Crippen molar-refractivity contribution in [2.45, 2.75) is 6.61 Å². The number of methoxy groups -OCH3 is 2. The molecule has 10 heteroatoms. The zero-order valence-electron chi connectivity index (χ0n) is 13.9. The Morgan fingerprint density at radius 1 is 1.04 bits per heavy atom. The molecule has 3 rings (SSSR count). The SMILES string of the molecule is COc1cc(OC)c(F)c(COc2cnc(Nc3cn[nH]c3)nc2)c1F. The summed E-state index contributed by atoms with van der Waals surface area (Å²) in [6.45, 7) is -0.386. The number of hydrogen-bond donors (Lipinski definition) is 2. The Hall–Kier alpha value is -3.43. The van der Waals surface area contributed by atoms with Gasteiger partial charge >= 0.3 is 0 Å². The van der Waals surface area contributed by atoms with E-state index in [9.17, 15) is 8.78 Å². The zero-order valence-corrected chi connectivity index (χ0v) is 13.9. The minimum Gasteiger partial charge on any atom is -0.494 e. The molecule has 0 amide bonds. The molecule has 0 radical (unpaired) electrons. The summed E-state index contributed by atoms with van der Waals surface area (Å²) in [5.74, 6) is -1.44. The van der Waals surface area contributed by atoms with Crippen molar-refractivity contribution in [2.24, 2.45) is 0 Å². The number of benzene rings is 1. The number of aromatic nitrogens is 4. The average molecular weight is 363 g/mol. The van der Waals surface area contributed by atoms with E-state index in [2.05, 4.69) is 25.5 Å². The summed E-state index contributed by atoms with van der Waals surface area (Å²) in [6, 6.07) is 1.13. The van der Waals surface area contributed by atoms with E-state index < -0.39 is 11.6 Å². The van der Waals surface area contributed by atoms with Crippen LogP contribution < -0.4 is 19.5 Å². The molecule has 0 fully saturated rings. The first-order valence-corrected chi connectivity index (χ1v) is 7.42. The lowest BCUT2D eigenvalue weighted by Gasteiger charge is -2.13. The van der Waals surface area contributed by atoms with Crippen LogP contribution in [0.5, 0.6) is 17.2 Å². The van der Waals surface area contributed by atoms with Crippen LogP contribution in [0, 0.1) is 11.6 Å². The Bertz CT molecular complexity index is 844. The molecular weight excluding hydrogens is 348 g/mol. The summed E-state index contributed by atoms with van der Waals surface area (Å²) in [5.41, 5.74) is 0.369. The smallest absolute Gasteiger partial charge is 0.227 e. The van der Waals surface area contributed by atoms with Crippen molar-refractivity contribution in [3.63, 3.8) is 0 Å². The van der Waals surface area contributed by atoms with Gasteiger partial charge < -0.3 is 19.5 Å². The molecule has 0 bridgehead atoms. The number of anilines is 2. The van der Waals surface area contributed by atoms with E-state index in [0.717, 1.165) is 6.07 Å². The molecule has 1 aromatic carbocycles. The second kappa shape index (κ2) is 7.64. The molecule has 2 heterocycles. The minimum atomic E-state index is -0.857. The maximum absolute atomic E-state index is 14.3. The summed E-state index contributed by atoms with van der Waals surface area (Å²) >= 11 is 0. The van der Waals surface area contributed by atoms with Gasteiger partial charge in [-0.25, -0.2) is 18.7 Å². The standard InChI is InChI=1S/C16H15F2N5O3/c1-24-12-3-13(25-2)15(18)11(14(12)17)8-26-10-6-19-16(20-7-10)23-9-4-21-22-5-9/h3-7H,8H2,1-2H3,(H,21,22)(H,19,20,23). The third kappa shape index (κ3) is 3.63. The fourth-order valence-electron chi connectivity index (χ4n) is 2.12. The number of hydrogen-bond acceptors (Lipinski definition) is 7. The highest BCUT2D eigenvalue weighted by molar-refractivity contribution is 5.50. The van der Waals surface area contributed by atoms with Gasteiger partial charge in [-0.1, -0.05) is 0 Å². The van der Waals surface area contributed by atoms with E-state index in [0.29, 0.717) is 11.6 Å². The van der Waals surface area contributed by atoms with Gasteiger partial charge in [0.1, 0.15) is 6.61 Å². The van der Waals surface area contributed by atoms with Gasteiger partial charge in [-0.15, -0.1) is 0 Å². The van der Waals surface area contributed by atoms with Gasteiger partial charge in [0.2, 0.25) is 5.95 Å². The van der Waals surface area contributed by atoms with E-state index >= 15 is 0 Å². The predicted octanol–water partition coefficient (Wildman–Crippen LogP) is 2.82. The molecule has 0 spiro atoms. The Labute approximate surface area is 147 Å². The number of nitrogens with zero attached hydrogens (tertiary/aromatic N) is 3. The molecule has 0 atom stereocenters. The van der Waals surface area contributed by atoms with Gasteiger partial charge in [0.05, 0.1) is 44.1 Å². The first-order valence-electron chi connectivity index (χ1n) is 7.42. The molecular formula is C16H15F2N5O3. The van der Waals surface area contributed by atoms with E-state index in [-0.39, 0.29) is 29.4 Å². The summed E-state index contributed by atoms with van der Waals surface area (Å²) in [7, 11) is 2.56. The maximum atomic E-state index is 14.3. The second-order valence-electron chi connectivity index (χ2n) is 5.03. The van der Waals surface area contributed by atoms with Crippen LogP contribution in [0.1, 0.15) is 5.56 Å². The van der Waals surface area contributed by atoms with E-state index in [4.69, 9.17) is 14.2 Å². The summed E-state index contributed by atoms with van der Waals surface area (Å²) in [4.78, 5) is 8.10. The monoisotopic (exact) mass is 363 g/mol. The van der Waals surface area contributed by atoms with Gasteiger partial charge in [-0.3, -0.25) is 5.10 Å². The molecule has 2 aromatic heterocycles. The number of aromatic amines is 1. The predicted molar refractivity (Wildman–Crippen MR) is 87.7 cm³/mol. The zero-order chi connectivity index (χ0) is 18.5. The number of ether oxygens (including phenoxy) is 3. The Balaban J connectivity index is 1.72. The van der Waals surface area contributed by atoms with Crippen LogP contribution in [0.4, 0.5) is 20.4 Å². The molecule has 0 saturated carbocycles. The van der Waals surface area contributed by atoms with Gasteiger partial charge in [0.15, 0.2) is 28.9 Å². The van der Waals surface area contributed by atoms with E-state index in [1.807, 2.05) is 0 Å². The molecule has 26 heavy (non-hydrogen) atoms. The highest BCUT2D eigenvalue weighted by Crippen LogP contribution is 2.31. The lowest BCUT2D eigenvalue weighted by molar-refractivity contribution is 0.280. The number of rotatable bonds is 7. The molecule has 0 aliphatic heterocycles. The highest BCUT2D eigenvalue weighted by Gasteiger charge is 2.20. The molecule has 8 nitrogen and oxygen atoms in total. The van der Waals surface area contributed by atoms with Crippen molar-refractivity contribution in [2.75, 3.05) is 19.5 Å². The Morgan fingerprint density at radius 3 is 2.23 bits per heavy atom. The first kappa shape index (κ1) is 17.4. The summed E-state index contributed by atoms with van der Waals surface area (Å²) in [5, 5.41) is 9.34. The lowest BCUT2D eigenvalue weighted by atomic mass is 10.1. The van der Waals surface area contributed by atoms with Gasteiger partial charge in [0.25, 0.3) is 0 Å². The molecule has 136 valence electrons. The molecule has 2 N–H and O–H groups in total. The van der Waals surface area contributed by atoms with Crippen molar-refractivity contribution in [3.05, 3.63) is 48.1 Å². The van der Waals surface area contributed by atoms with Crippen molar-refractivity contribution in [3.8, 4) is 17.2 Å². The fraction of sp³-hybridized carbons (Fsp3) is 0.188. The molecule has 0 unspecified atom stereocenters. The average Bonchev–Trinajstić information content (AvgIpc) is 3.16. The molecule has 0 aliphatic carbocycles. The highest BCUT2D eigenvalue weighted by atomic mass is 19.1. The molecule has 0 aliphatic rings. The molecule has 3 aromatic rings. The van der Waals surface area contributed by atoms with Gasteiger partial charge in [-0.05, 0) is 0 Å².